The van der Waals surface area contributed by atoms with E-state index in [2.05, 4.69) is 15.3 Å². The molecule has 1 aliphatic rings. The van der Waals surface area contributed by atoms with Crippen molar-refractivity contribution in [2.75, 3.05) is 18.2 Å². The first-order valence-electron chi connectivity index (χ1n) is 9.91. The Kier molecular flexibility index (Phi) is 5.28. The summed E-state index contributed by atoms with van der Waals surface area (Å²) in [6, 6.07) is 6.63. The fourth-order valence-electron chi connectivity index (χ4n) is 3.36. The fourth-order valence-corrected chi connectivity index (χ4v) is 3.36. The lowest BCUT2D eigenvalue weighted by molar-refractivity contribution is -0.137. The van der Waals surface area contributed by atoms with Crippen LogP contribution in [0.5, 0.6) is 11.5 Å². The highest BCUT2D eigenvalue weighted by molar-refractivity contribution is 5.92. The van der Waals surface area contributed by atoms with E-state index in [1.165, 1.54) is 6.07 Å². The molecule has 0 unspecified atom stereocenters. The second kappa shape index (κ2) is 7.79. The summed E-state index contributed by atoms with van der Waals surface area (Å²) in [5.74, 6) is 2.17. The van der Waals surface area contributed by atoms with Crippen LogP contribution in [0.4, 0.5) is 24.7 Å². The van der Waals surface area contributed by atoms with Gasteiger partial charge >= 0.3 is 6.18 Å². The maximum atomic E-state index is 13.2. The molecule has 2 aromatic carbocycles. The molecule has 0 amide bonds. The zero-order chi connectivity index (χ0) is 22.3. The molecule has 1 atom stereocenters. The topological polar surface area (TPSA) is 82.3 Å². The molecule has 1 fully saturated rings. The third-order valence-electron chi connectivity index (χ3n) is 5.07. The number of ether oxygens (including phenoxy) is 2. The van der Waals surface area contributed by atoms with Crippen molar-refractivity contribution in [2.24, 2.45) is 0 Å². The molecule has 3 N–H and O–H groups in total. The fraction of sp³-hybridized carbons (Fsp3) is 0.364. The van der Waals surface area contributed by atoms with Crippen LogP contribution in [0.15, 0.2) is 30.3 Å². The van der Waals surface area contributed by atoms with Gasteiger partial charge in [0, 0.05) is 17.1 Å². The van der Waals surface area contributed by atoms with Crippen molar-refractivity contribution in [1.82, 2.24) is 9.97 Å². The van der Waals surface area contributed by atoms with Gasteiger partial charge in [-0.1, -0.05) is 0 Å². The predicted octanol–water partition coefficient (Wildman–Crippen LogP) is 5.26. The average Bonchev–Trinajstić information content (AvgIpc) is 3.50. The van der Waals surface area contributed by atoms with Crippen LogP contribution in [0.1, 0.15) is 42.8 Å². The molecule has 164 valence electrons. The lowest BCUT2D eigenvalue weighted by atomic mass is 10.0. The number of hydrogen-bond acceptors (Lipinski definition) is 6. The van der Waals surface area contributed by atoms with E-state index in [9.17, 15) is 13.2 Å². The molecule has 3 aromatic rings. The first-order chi connectivity index (χ1) is 14.6. The minimum absolute atomic E-state index is 0.0482. The number of fused-ring (bicyclic) bond motifs is 1. The third kappa shape index (κ3) is 4.60. The van der Waals surface area contributed by atoms with Gasteiger partial charge in [-0.25, -0.2) is 9.97 Å². The molecule has 0 radical (unpaired) electrons. The summed E-state index contributed by atoms with van der Waals surface area (Å²) in [5.41, 5.74) is 6.03. The largest absolute Gasteiger partial charge is 0.493 e. The maximum absolute atomic E-state index is 13.2. The first kappa shape index (κ1) is 21.0. The minimum atomic E-state index is -4.48. The Bertz CT molecular complexity index is 1130. The summed E-state index contributed by atoms with van der Waals surface area (Å²) in [6.45, 7) is 3.50. The van der Waals surface area contributed by atoms with Gasteiger partial charge in [0.2, 0.25) is 0 Å². The normalized spacial score (nSPS) is 15.0. The Labute approximate surface area is 177 Å². The van der Waals surface area contributed by atoms with E-state index in [1.807, 2.05) is 6.07 Å². The van der Waals surface area contributed by atoms with Crippen LogP contribution < -0.4 is 20.5 Å². The molecule has 0 aliphatic heterocycles. The number of nitrogen functional groups attached to an aromatic ring is 1. The number of hydrogen-bond donors (Lipinski definition) is 2. The zero-order valence-electron chi connectivity index (χ0n) is 17.4. The van der Waals surface area contributed by atoms with E-state index in [-0.39, 0.29) is 11.8 Å². The number of nitrogens with two attached hydrogens (primary N) is 1. The number of methoxy groups -OCH3 is 1. The summed E-state index contributed by atoms with van der Waals surface area (Å²) in [6.07, 6.45) is -2.33. The van der Waals surface area contributed by atoms with E-state index < -0.39 is 17.8 Å². The van der Waals surface area contributed by atoms with Crippen molar-refractivity contribution in [2.45, 2.75) is 45.0 Å². The Morgan fingerprint density at radius 3 is 2.48 bits per heavy atom. The molecule has 1 heterocycles. The van der Waals surface area contributed by atoms with Crippen LogP contribution in [0, 0.1) is 6.92 Å². The number of benzene rings is 2. The number of alkyl halides is 3. The summed E-state index contributed by atoms with van der Waals surface area (Å²) in [7, 11) is 1.56. The summed E-state index contributed by atoms with van der Waals surface area (Å²) >= 11 is 0. The van der Waals surface area contributed by atoms with E-state index >= 15 is 0 Å². The van der Waals surface area contributed by atoms with Crippen molar-refractivity contribution in [1.29, 1.82) is 0 Å². The van der Waals surface area contributed by atoms with Crippen LogP contribution >= 0.6 is 0 Å². The molecule has 0 bridgehead atoms. The van der Waals surface area contributed by atoms with Gasteiger partial charge < -0.3 is 20.5 Å². The molecular weight excluding hydrogens is 409 g/mol. The van der Waals surface area contributed by atoms with Crippen LogP contribution in [-0.4, -0.2) is 23.2 Å². The first-order valence-corrected chi connectivity index (χ1v) is 9.91. The van der Waals surface area contributed by atoms with Crippen molar-refractivity contribution in [3.8, 4) is 11.5 Å². The quantitative estimate of drug-likeness (QED) is 0.517. The van der Waals surface area contributed by atoms with Gasteiger partial charge in [-0.3, -0.25) is 0 Å². The van der Waals surface area contributed by atoms with E-state index in [0.717, 1.165) is 25.0 Å². The SMILES string of the molecule is COc1cc2nc(C)nc(N[C@H](C)c3cc(N)cc(C(F)(F)F)c3)c2cc1OC1CC1. The highest BCUT2D eigenvalue weighted by atomic mass is 19.4. The van der Waals surface area contributed by atoms with Gasteiger partial charge in [-0.15, -0.1) is 0 Å². The van der Waals surface area contributed by atoms with Crippen LogP contribution in [-0.2, 0) is 6.18 Å². The summed E-state index contributed by atoms with van der Waals surface area (Å²) in [5, 5.41) is 3.90. The van der Waals surface area contributed by atoms with E-state index in [0.29, 0.717) is 39.6 Å². The number of rotatable bonds is 6. The second-order valence-corrected chi connectivity index (χ2v) is 7.71. The van der Waals surface area contributed by atoms with Gasteiger partial charge in [0.15, 0.2) is 11.5 Å². The van der Waals surface area contributed by atoms with Crippen molar-refractivity contribution < 1.29 is 22.6 Å². The molecule has 1 aromatic heterocycles. The molecular formula is C22H23F3N4O2. The van der Waals surface area contributed by atoms with Crippen molar-refractivity contribution >= 4 is 22.4 Å². The van der Waals surface area contributed by atoms with Gasteiger partial charge in [0.05, 0.1) is 30.3 Å². The Morgan fingerprint density at radius 1 is 1.10 bits per heavy atom. The maximum Gasteiger partial charge on any atom is 0.416 e. The average molecular weight is 432 g/mol. The third-order valence-corrected chi connectivity index (χ3v) is 5.07. The highest BCUT2D eigenvalue weighted by Crippen LogP contribution is 2.39. The second-order valence-electron chi connectivity index (χ2n) is 7.71. The van der Waals surface area contributed by atoms with Crippen molar-refractivity contribution in [3.05, 3.63) is 47.3 Å². The van der Waals surface area contributed by atoms with Crippen molar-refractivity contribution in [3.63, 3.8) is 0 Å². The predicted molar refractivity (Wildman–Crippen MR) is 112 cm³/mol. The van der Waals surface area contributed by atoms with Gasteiger partial charge in [-0.05, 0) is 56.5 Å². The summed E-state index contributed by atoms with van der Waals surface area (Å²) < 4.78 is 51.0. The molecule has 31 heavy (non-hydrogen) atoms. The molecule has 1 saturated carbocycles. The molecule has 0 spiro atoms. The number of nitrogens with one attached hydrogen (secondary N) is 1. The van der Waals surface area contributed by atoms with Gasteiger partial charge in [0.1, 0.15) is 11.6 Å². The molecule has 0 saturated heterocycles. The Balaban J connectivity index is 1.73. The minimum Gasteiger partial charge on any atom is -0.493 e. The highest BCUT2D eigenvalue weighted by Gasteiger charge is 2.31. The molecule has 4 rings (SSSR count). The van der Waals surface area contributed by atoms with E-state index in [1.54, 1.807) is 27.0 Å². The number of aromatic nitrogens is 2. The standard InChI is InChI=1S/C22H23F3N4O2/c1-11(13-6-14(22(23,24)25)8-15(26)7-13)27-21-17-9-20(31-16-4-5-16)19(30-3)10-18(17)28-12(2)29-21/h6-11,16H,4-5,26H2,1-3H3,(H,27,28,29)/t11-/m1/s1. The number of aryl methyl sites for hydroxylation is 1. The number of anilines is 2. The van der Waals surface area contributed by atoms with E-state index in [4.69, 9.17) is 15.2 Å². The zero-order valence-corrected chi connectivity index (χ0v) is 17.4. The monoisotopic (exact) mass is 432 g/mol. The molecule has 9 heteroatoms. The lowest BCUT2D eigenvalue weighted by Crippen LogP contribution is -2.13. The van der Waals surface area contributed by atoms with Crippen LogP contribution in [0.25, 0.3) is 10.9 Å². The summed E-state index contributed by atoms with van der Waals surface area (Å²) in [4.78, 5) is 8.95. The van der Waals surface area contributed by atoms with Crippen LogP contribution in [0.3, 0.4) is 0 Å². The number of halogens is 3. The van der Waals surface area contributed by atoms with Crippen LogP contribution in [0.2, 0.25) is 0 Å². The Hall–Kier alpha value is -3.23. The van der Waals surface area contributed by atoms with Gasteiger partial charge in [-0.2, -0.15) is 13.2 Å². The smallest absolute Gasteiger partial charge is 0.416 e. The van der Waals surface area contributed by atoms with Gasteiger partial charge in [0.25, 0.3) is 0 Å². The number of nitrogens with zero attached hydrogens (tertiary/aromatic N) is 2. The molecule has 1 aliphatic carbocycles. The Morgan fingerprint density at radius 2 is 1.84 bits per heavy atom. The lowest BCUT2D eigenvalue weighted by Gasteiger charge is -2.19. The molecule has 6 nitrogen and oxygen atoms in total.